The first-order valence-corrected chi connectivity index (χ1v) is 6.23. The number of hydrogen-bond donors (Lipinski definition) is 3. The van der Waals surface area contributed by atoms with Gasteiger partial charge in [-0.25, -0.2) is 4.98 Å². The number of aromatic amines is 1. The number of rotatable bonds is 2. The lowest BCUT2D eigenvalue weighted by atomic mass is 10.2. The number of fused-ring (bicyclic) bond motifs is 1. The monoisotopic (exact) mass is 316 g/mol. The van der Waals surface area contributed by atoms with Gasteiger partial charge in [-0.15, -0.1) is 24.8 Å². The normalized spacial score (nSPS) is 17.4. The van der Waals surface area contributed by atoms with E-state index in [1.807, 2.05) is 25.1 Å². The van der Waals surface area contributed by atoms with Gasteiger partial charge in [-0.05, 0) is 44.5 Å². The first kappa shape index (κ1) is 16.8. The zero-order valence-electron chi connectivity index (χ0n) is 11.1. The average Bonchev–Trinajstić information content (AvgIpc) is 2.95. The van der Waals surface area contributed by atoms with Gasteiger partial charge in [0, 0.05) is 5.69 Å². The number of imidazole rings is 1. The van der Waals surface area contributed by atoms with Crippen LogP contribution in [0.5, 0.6) is 0 Å². The number of halogens is 2. The quantitative estimate of drug-likeness (QED) is 0.796. The Morgan fingerprint density at radius 2 is 2.20 bits per heavy atom. The first-order valence-electron chi connectivity index (χ1n) is 6.23. The number of aromatic nitrogens is 2. The molecule has 2 aromatic rings. The van der Waals surface area contributed by atoms with Crippen molar-refractivity contribution in [1.29, 1.82) is 0 Å². The number of anilines is 1. The summed E-state index contributed by atoms with van der Waals surface area (Å²) >= 11 is 0. The summed E-state index contributed by atoms with van der Waals surface area (Å²) in [6.45, 7) is 2.84. The Bertz CT molecular complexity index is 593. The summed E-state index contributed by atoms with van der Waals surface area (Å²) in [4.78, 5) is 19.5. The smallest absolute Gasteiger partial charge is 0.241 e. The summed E-state index contributed by atoms with van der Waals surface area (Å²) < 4.78 is 0. The fraction of sp³-hybridized carbons (Fsp3) is 0.385. The molecule has 1 aliphatic heterocycles. The molecule has 7 heteroatoms. The van der Waals surface area contributed by atoms with Gasteiger partial charge in [-0.2, -0.15) is 0 Å². The number of amides is 1. The topological polar surface area (TPSA) is 69.8 Å². The molecule has 0 unspecified atom stereocenters. The summed E-state index contributed by atoms with van der Waals surface area (Å²) in [6, 6.07) is 5.66. The molecule has 0 aliphatic carbocycles. The summed E-state index contributed by atoms with van der Waals surface area (Å²) in [6.07, 6.45) is 1.98. The molecule has 1 fully saturated rings. The number of nitrogens with zero attached hydrogens (tertiary/aromatic N) is 1. The van der Waals surface area contributed by atoms with E-state index in [0.29, 0.717) is 0 Å². The Morgan fingerprint density at radius 3 is 2.90 bits per heavy atom. The third-order valence-corrected chi connectivity index (χ3v) is 3.24. The van der Waals surface area contributed by atoms with Crippen LogP contribution in [-0.2, 0) is 4.79 Å². The van der Waals surface area contributed by atoms with Crippen LogP contribution in [0.2, 0.25) is 0 Å². The molecular weight excluding hydrogens is 299 g/mol. The van der Waals surface area contributed by atoms with Crippen LogP contribution in [0.1, 0.15) is 18.7 Å². The molecule has 1 aromatic heterocycles. The second kappa shape index (κ2) is 6.92. The average molecular weight is 317 g/mol. The second-order valence-electron chi connectivity index (χ2n) is 4.69. The minimum Gasteiger partial charge on any atom is -0.342 e. The van der Waals surface area contributed by atoms with Crippen LogP contribution < -0.4 is 10.6 Å². The molecule has 3 rings (SSSR count). The first-order chi connectivity index (χ1) is 8.72. The number of carbonyl (C=O) groups excluding carboxylic acids is 1. The van der Waals surface area contributed by atoms with Crippen LogP contribution in [0, 0.1) is 6.92 Å². The highest BCUT2D eigenvalue weighted by Crippen LogP contribution is 2.18. The maximum absolute atomic E-state index is 12.0. The summed E-state index contributed by atoms with van der Waals surface area (Å²) in [5.41, 5.74) is 2.68. The van der Waals surface area contributed by atoms with Crippen molar-refractivity contribution < 1.29 is 4.79 Å². The van der Waals surface area contributed by atoms with E-state index in [-0.39, 0.29) is 36.8 Å². The molecule has 1 aromatic carbocycles. The van der Waals surface area contributed by atoms with Crippen molar-refractivity contribution in [1.82, 2.24) is 15.3 Å². The molecule has 1 aliphatic rings. The second-order valence-corrected chi connectivity index (χ2v) is 4.69. The fourth-order valence-corrected chi connectivity index (χ4v) is 2.35. The molecule has 1 atom stereocenters. The molecule has 1 amide bonds. The molecule has 3 N–H and O–H groups in total. The molecule has 20 heavy (non-hydrogen) atoms. The lowest BCUT2D eigenvalue weighted by Gasteiger charge is -2.10. The minimum absolute atomic E-state index is 0. The number of carbonyl (C=O) groups is 1. The molecule has 0 radical (unpaired) electrons. The maximum Gasteiger partial charge on any atom is 0.241 e. The van der Waals surface area contributed by atoms with Crippen LogP contribution in [0.25, 0.3) is 11.0 Å². The number of H-pyrrole nitrogens is 1. The van der Waals surface area contributed by atoms with E-state index in [2.05, 4.69) is 20.6 Å². The zero-order chi connectivity index (χ0) is 12.5. The van der Waals surface area contributed by atoms with E-state index in [4.69, 9.17) is 0 Å². The highest BCUT2D eigenvalue weighted by atomic mass is 35.5. The molecule has 0 spiro atoms. The van der Waals surface area contributed by atoms with Crippen molar-refractivity contribution in [3.8, 4) is 0 Å². The van der Waals surface area contributed by atoms with Crippen molar-refractivity contribution in [2.75, 3.05) is 11.9 Å². The molecule has 0 saturated carbocycles. The van der Waals surface area contributed by atoms with Gasteiger partial charge < -0.3 is 15.6 Å². The van der Waals surface area contributed by atoms with Crippen LogP contribution in [0.4, 0.5) is 5.69 Å². The van der Waals surface area contributed by atoms with Crippen molar-refractivity contribution in [3.63, 3.8) is 0 Å². The largest absolute Gasteiger partial charge is 0.342 e. The van der Waals surface area contributed by atoms with Gasteiger partial charge in [-0.3, -0.25) is 4.79 Å². The van der Waals surface area contributed by atoms with Crippen molar-refractivity contribution in [2.24, 2.45) is 0 Å². The Morgan fingerprint density at radius 1 is 1.40 bits per heavy atom. The third-order valence-electron chi connectivity index (χ3n) is 3.24. The van der Waals surface area contributed by atoms with E-state index in [9.17, 15) is 4.79 Å². The zero-order valence-corrected chi connectivity index (χ0v) is 12.7. The summed E-state index contributed by atoms with van der Waals surface area (Å²) in [5, 5.41) is 6.12. The third kappa shape index (κ3) is 3.42. The van der Waals surface area contributed by atoms with Crippen molar-refractivity contribution in [3.05, 3.63) is 24.0 Å². The predicted molar refractivity (Wildman–Crippen MR) is 85.0 cm³/mol. The Balaban J connectivity index is 0.000001000. The van der Waals surface area contributed by atoms with Crippen LogP contribution in [0.15, 0.2) is 18.2 Å². The standard InChI is InChI=1S/C13H16N4O.2ClH/c1-8-15-10-5-4-9(7-12(10)16-8)17-13(18)11-3-2-6-14-11;;/h4-5,7,11,14H,2-3,6H2,1H3,(H,15,16)(H,17,18);2*1H/t11-;;/m0../s1. The van der Waals surface area contributed by atoms with Gasteiger partial charge in [0.1, 0.15) is 5.82 Å². The lowest BCUT2D eigenvalue weighted by molar-refractivity contribution is -0.117. The molecular formula is C13H18Cl2N4O. The minimum atomic E-state index is -0.0517. The van der Waals surface area contributed by atoms with Gasteiger partial charge in [0.15, 0.2) is 0 Å². The van der Waals surface area contributed by atoms with E-state index >= 15 is 0 Å². The highest BCUT2D eigenvalue weighted by molar-refractivity contribution is 5.96. The SMILES string of the molecule is Cc1nc2ccc(NC(=O)[C@@H]3CCCN3)cc2[nH]1.Cl.Cl. The van der Waals surface area contributed by atoms with Crippen LogP contribution in [-0.4, -0.2) is 28.5 Å². The lowest BCUT2D eigenvalue weighted by Crippen LogP contribution is -2.35. The molecule has 0 bridgehead atoms. The number of hydrogen-bond acceptors (Lipinski definition) is 3. The number of benzene rings is 1. The Labute approximate surface area is 129 Å². The highest BCUT2D eigenvalue weighted by Gasteiger charge is 2.21. The summed E-state index contributed by atoms with van der Waals surface area (Å²) in [5.74, 6) is 0.925. The molecule has 110 valence electrons. The Hall–Kier alpha value is -1.30. The van der Waals surface area contributed by atoms with E-state index < -0.39 is 0 Å². The maximum atomic E-state index is 12.0. The van der Waals surface area contributed by atoms with Gasteiger partial charge in [0.2, 0.25) is 5.91 Å². The van der Waals surface area contributed by atoms with Gasteiger partial charge >= 0.3 is 0 Å². The van der Waals surface area contributed by atoms with Crippen LogP contribution >= 0.6 is 24.8 Å². The summed E-state index contributed by atoms with van der Waals surface area (Å²) in [7, 11) is 0. The van der Waals surface area contributed by atoms with E-state index in [1.54, 1.807) is 0 Å². The van der Waals surface area contributed by atoms with Gasteiger partial charge in [0.05, 0.1) is 17.1 Å². The van der Waals surface area contributed by atoms with E-state index in [1.165, 1.54) is 0 Å². The van der Waals surface area contributed by atoms with E-state index in [0.717, 1.165) is 41.9 Å². The fourth-order valence-electron chi connectivity index (χ4n) is 2.35. The molecule has 1 saturated heterocycles. The predicted octanol–water partition coefficient (Wildman–Crippen LogP) is 2.41. The Kier molecular flexibility index (Phi) is 5.80. The van der Waals surface area contributed by atoms with Crippen molar-refractivity contribution in [2.45, 2.75) is 25.8 Å². The number of nitrogens with one attached hydrogen (secondary N) is 3. The van der Waals surface area contributed by atoms with Crippen LogP contribution in [0.3, 0.4) is 0 Å². The molecule has 2 heterocycles. The van der Waals surface area contributed by atoms with Gasteiger partial charge in [0.25, 0.3) is 0 Å². The van der Waals surface area contributed by atoms with Gasteiger partial charge in [-0.1, -0.05) is 0 Å². The molecule has 5 nitrogen and oxygen atoms in total. The number of aryl methyl sites for hydroxylation is 1. The van der Waals surface area contributed by atoms with Crippen molar-refractivity contribution >= 4 is 47.4 Å².